The average Bonchev–Trinajstić information content (AvgIpc) is 2.73. The molecule has 2 saturated heterocycles. The molecule has 2 aliphatic rings. The fourth-order valence-corrected chi connectivity index (χ4v) is 3.11. The second kappa shape index (κ2) is 5.28. The van der Waals surface area contributed by atoms with Gasteiger partial charge in [0.2, 0.25) is 0 Å². The number of piperidine rings is 1. The predicted octanol–water partition coefficient (Wildman–Crippen LogP) is 1.10. The highest BCUT2D eigenvalue weighted by Gasteiger charge is 2.36. The number of nitrogens with zero attached hydrogens (tertiary/aromatic N) is 1. The van der Waals surface area contributed by atoms with Crippen molar-refractivity contribution in [3.05, 3.63) is 0 Å². The fraction of sp³-hybridized carbons (Fsp3) is 1.00. The molecule has 0 aromatic rings. The number of likely N-dealkylation sites (tertiary alicyclic amines) is 1. The molecule has 0 saturated carbocycles. The second-order valence-electron chi connectivity index (χ2n) is 5.00. The molecule has 2 heterocycles. The number of methoxy groups -OCH3 is 1. The van der Waals surface area contributed by atoms with E-state index in [4.69, 9.17) is 4.74 Å². The number of rotatable bonds is 4. The molecule has 2 rings (SSSR count). The molecule has 3 heteroatoms. The normalized spacial score (nSPS) is 34.0. The van der Waals surface area contributed by atoms with Crippen LogP contribution in [0.15, 0.2) is 0 Å². The summed E-state index contributed by atoms with van der Waals surface area (Å²) in [5.74, 6) is 0.906. The van der Waals surface area contributed by atoms with E-state index in [9.17, 15) is 0 Å². The minimum absolute atomic E-state index is 0.678. The molecule has 0 amide bonds. The number of hydrogen-bond donors (Lipinski definition) is 1. The van der Waals surface area contributed by atoms with E-state index in [-0.39, 0.29) is 0 Å². The molecule has 0 aromatic heterocycles. The van der Waals surface area contributed by atoms with Gasteiger partial charge in [0, 0.05) is 32.3 Å². The van der Waals surface area contributed by atoms with Gasteiger partial charge in [-0.1, -0.05) is 0 Å². The Balaban J connectivity index is 1.89. The van der Waals surface area contributed by atoms with Crippen LogP contribution >= 0.6 is 0 Å². The number of nitrogens with one attached hydrogen (secondary N) is 1. The molecule has 0 spiro atoms. The van der Waals surface area contributed by atoms with E-state index in [0.717, 1.165) is 18.6 Å². The maximum atomic E-state index is 5.17. The molecular weight excluding hydrogens is 188 g/mol. The minimum atomic E-state index is 0.678. The lowest BCUT2D eigenvalue weighted by Gasteiger charge is -2.41. The lowest BCUT2D eigenvalue weighted by Crippen LogP contribution is -2.49. The third-order valence-corrected chi connectivity index (χ3v) is 4.03. The van der Waals surface area contributed by atoms with Crippen molar-refractivity contribution in [1.82, 2.24) is 10.2 Å². The van der Waals surface area contributed by atoms with Crippen molar-refractivity contribution in [2.75, 3.05) is 33.4 Å². The lowest BCUT2D eigenvalue weighted by atomic mass is 9.90. The standard InChI is InChI=1S/C12H24N2O/c1-10(5-7-15-2)14-6-3-4-11-8-13-9-12(11)14/h10-13H,3-9H2,1-2H3. The van der Waals surface area contributed by atoms with Crippen LogP contribution in [0.4, 0.5) is 0 Å². The molecule has 1 N–H and O–H groups in total. The van der Waals surface area contributed by atoms with Crippen LogP contribution in [0.1, 0.15) is 26.2 Å². The molecule has 2 aliphatic heterocycles. The highest BCUT2D eigenvalue weighted by molar-refractivity contribution is 4.93. The van der Waals surface area contributed by atoms with E-state index < -0.39 is 0 Å². The van der Waals surface area contributed by atoms with Gasteiger partial charge in [-0.05, 0) is 45.2 Å². The van der Waals surface area contributed by atoms with Crippen molar-refractivity contribution >= 4 is 0 Å². The molecule has 0 radical (unpaired) electrons. The Bertz CT molecular complexity index is 198. The third-order valence-electron chi connectivity index (χ3n) is 4.03. The van der Waals surface area contributed by atoms with Gasteiger partial charge in [-0.15, -0.1) is 0 Å². The van der Waals surface area contributed by atoms with E-state index in [1.54, 1.807) is 7.11 Å². The summed E-state index contributed by atoms with van der Waals surface area (Å²) >= 11 is 0. The zero-order valence-electron chi connectivity index (χ0n) is 10.0. The summed E-state index contributed by atoms with van der Waals surface area (Å²) in [6.07, 6.45) is 3.96. The van der Waals surface area contributed by atoms with Crippen LogP contribution in [0, 0.1) is 5.92 Å². The number of hydrogen-bond acceptors (Lipinski definition) is 3. The molecule has 2 fully saturated rings. The van der Waals surface area contributed by atoms with Crippen molar-refractivity contribution in [2.45, 2.75) is 38.3 Å². The van der Waals surface area contributed by atoms with Gasteiger partial charge in [0.15, 0.2) is 0 Å². The molecule has 88 valence electrons. The molecule has 3 nitrogen and oxygen atoms in total. The molecular formula is C12H24N2O. The van der Waals surface area contributed by atoms with Crippen molar-refractivity contribution < 1.29 is 4.74 Å². The maximum absolute atomic E-state index is 5.17. The van der Waals surface area contributed by atoms with E-state index in [0.29, 0.717) is 6.04 Å². The summed E-state index contributed by atoms with van der Waals surface area (Å²) in [6, 6.07) is 1.48. The summed E-state index contributed by atoms with van der Waals surface area (Å²) in [5, 5.41) is 3.53. The minimum Gasteiger partial charge on any atom is -0.385 e. The van der Waals surface area contributed by atoms with Crippen molar-refractivity contribution in [3.63, 3.8) is 0 Å². The zero-order valence-corrected chi connectivity index (χ0v) is 10.0. The topological polar surface area (TPSA) is 24.5 Å². The molecule has 15 heavy (non-hydrogen) atoms. The van der Waals surface area contributed by atoms with Crippen LogP contribution in [-0.2, 0) is 4.74 Å². The van der Waals surface area contributed by atoms with Gasteiger partial charge in [-0.25, -0.2) is 0 Å². The molecule has 3 unspecified atom stereocenters. The van der Waals surface area contributed by atoms with Gasteiger partial charge in [0.25, 0.3) is 0 Å². The van der Waals surface area contributed by atoms with Crippen LogP contribution in [0.2, 0.25) is 0 Å². The van der Waals surface area contributed by atoms with Crippen LogP contribution in [-0.4, -0.2) is 50.3 Å². The summed E-state index contributed by atoms with van der Waals surface area (Å²) in [5.41, 5.74) is 0. The summed E-state index contributed by atoms with van der Waals surface area (Å²) in [7, 11) is 1.79. The monoisotopic (exact) mass is 212 g/mol. The van der Waals surface area contributed by atoms with Gasteiger partial charge in [-0.3, -0.25) is 4.90 Å². The predicted molar refractivity (Wildman–Crippen MR) is 62.0 cm³/mol. The van der Waals surface area contributed by atoms with Crippen LogP contribution in [0.3, 0.4) is 0 Å². The molecule has 3 atom stereocenters. The van der Waals surface area contributed by atoms with Gasteiger partial charge in [-0.2, -0.15) is 0 Å². The lowest BCUT2D eigenvalue weighted by molar-refractivity contribution is 0.0648. The first-order chi connectivity index (χ1) is 7.33. The first-order valence-electron chi connectivity index (χ1n) is 6.28. The Morgan fingerprint density at radius 3 is 3.13 bits per heavy atom. The summed E-state index contributed by atoms with van der Waals surface area (Å²) < 4.78 is 5.17. The average molecular weight is 212 g/mol. The molecule has 0 bridgehead atoms. The highest BCUT2D eigenvalue weighted by atomic mass is 16.5. The Morgan fingerprint density at radius 1 is 1.47 bits per heavy atom. The Morgan fingerprint density at radius 2 is 2.33 bits per heavy atom. The second-order valence-corrected chi connectivity index (χ2v) is 5.00. The van der Waals surface area contributed by atoms with Crippen molar-refractivity contribution in [3.8, 4) is 0 Å². The van der Waals surface area contributed by atoms with Crippen LogP contribution in [0.5, 0.6) is 0 Å². The third kappa shape index (κ3) is 2.52. The summed E-state index contributed by atoms with van der Waals surface area (Å²) in [4.78, 5) is 2.70. The van der Waals surface area contributed by atoms with E-state index in [1.807, 2.05) is 0 Å². The quantitative estimate of drug-likeness (QED) is 0.755. The number of fused-ring (bicyclic) bond motifs is 1. The van der Waals surface area contributed by atoms with E-state index in [2.05, 4.69) is 17.1 Å². The largest absolute Gasteiger partial charge is 0.385 e. The number of ether oxygens (including phenoxy) is 1. The van der Waals surface area contributed by atoms with Gasteiger partial charge < -0.3 is 10.1 Å². The van der Waals surface area contributed by atoms with Crippen LogP contribution in [0.25, 0.3) is 0 Å². The first kappa shape index (κ1) is 11.4. The smallest absolute Gasteiger partial charge is 0.0477 e. The van der Waals surface area contributed by atoms with Crippen LogP contribution < -0.4 is 5.32 Å². The first-order valence-corrected chi connectivity index (χ1v) is 6.28. The zero-order chi connectivity index (χ0) is 10.7. The molecule has 0 aliphatic carbocycles. The Kier molecular flexibility index (Phi) is 4.00. The van der Waals surface area contributed by atoms with E-state index in [1.165, 1.54) is 38.9 Å². The van der Waals surface area contributed by atoms with Gasteiger partial charge in [0.1, 0.15) is 0 Å². The SMILES string of the molecule is COCCC(C)N1CCCC2CNCC21. The van der Waals surface area contributed by atoms with Crippen molar-refractivity contribution in [1.29, 1.82) is 0 Å². The highest BCUT2D eigenvalue weighted by Crippen LogP contribution is 2.28. The maximum Gasteiger partial charge on any atom is 0.0477 e. The molecule has 0 aromatic carbocycles. The van der Waals surface area contributed by atoms with Gasteiger partial charge >= 0.3 is 0 Å². The van der Waals surface area contributed by atoms with Crippen molar-refractivity contribution in [2.24, 2.45) is 5.92 Å². The van der Waals surface area contributed by atoms with E-state index >= 15 is 0 Å². The Labute approximate surface area is 93.2 Å². The summed E-state index contributed by atoms with van der Waals surface area (Å²) in [6.45, 7) is 6.95. The van der Waals surface area contributed by atoms with Gasteiger partial charge in [0.05, 0.1) is 0 Å². The fourth-order valence-electron chi connectivity index (χ4n) is 3.11. The Hall–Kier alpha value is -0.120.